The molecule has 0 N–H and O–H groups in total. The van der Waals surface area contributed by atoms with Gasteiger partial charge in [-0.1, -0.05) is 6.07 Å². The number of benzene rings is 2. The Morgan fingerprint density at radius 1 is 1.34 bits per heavy atom. The van der Waals surface area contributed by atoms with E-state index in [1.807, 2.05) is 0 Å². The second-order valence-corrected chi connectivity index (χ2v) is 7.71. The van der Waals surface area contributed by atoms with E-state index >= 15 is 4.39 Å². The molecule has 0 saturated carbocycles. The molecule has 0 bridgehead atoms. The molecule has 0 spiro atoms. The molecule has 2 aromatic carbocycles. The first-order valence-electron chi connectivity index (χ1n) is 9.38. The van der Waals surface area contributed by atoms with Gasteiger partial charge >= 0.3 is 5.97 Å². The van der Waals surface area contributed by atoms with Crippen molar-refractivity contribution in [3.63, 3.8) is 0 Å². The third kappa shape index (κ3) is 3.91. The van der Waals surface area contributed by atoms with Crippen molar-refractivity contribution in [3.05, 3.63) is 63.4 Å². The zero-order valence-corrected chi connectivity index (χ0v) is 17.3. The van der Waals surface area contributed by atoms with Crippen molar-refractivity contribution in [1.82, 2.24) is 9.55 Å². The van der Waals surface area contributed by atoms with Crippen LogP contribution in [0.15, 0.2) is 34.8 Å². The van der Waals surface area contributed by atoms with Crippen LogP contribution in [0.25, 0.3) is 11.0 Å². The molecule has 5 nitrogen and oxygen atoms in total. The molecule has 0 aliphatic carbocycles. The van der Waals surface area contributed by atoms with Gasteiger partial charge in [0.1, 0.15) is 17.2 Å². The number of halogens is 3. The fraction of sp³-hybridized carbons (Fsp3) is 0.333. The summed E-state index contributed by atoms with van der Waals surface area (Å²) in [5, 5.41) is 0. The van der Waals surface area contributed by atoms with Crippen LogP contribution >= 0.6 is 15.9 Å². The Bertz CT molecular complexity index is 1080. The summed E-state index contributed by atoms with van der Waals surface area (Å²) in [6.45, 7) is 2.91. The van der Waals surface area contributed by atoms with Gasteiger partial charge in [-0.15, -0.1) is 0 Å². The minimum Gasteiger partial charge on any atom is -0.462 e. The van der Waals surface area contributed by atoms with Gasteiger partial charge in [-0.3, -0.25) is 0 Å². The topological polar surface area (TPSA) is 53.3 Å². The summed E-state index contributed by atoms with van der Waals surface area (Å²) in [4.78, 5) is 16.7. The van der Waals surface area contributed by atoms with Crippen molar-refractivity contribution < 1.29 is 23.0 Å². The SMILES string of the molecule is CCOC(=O)c1ccc2nc(Cc3ccc(Br)c(F)c3)n(C[C@@H]3CCO3)c2c1F. The number of nitrogens with zero attached hydrogens (tertiary/aromatic N) is 2. The molecule has 0 amide bonds. The maximum atomic E-state index is 15.3. The number of fused-ring (bicyclic) bond motifs is 1. The van der Waals surface area contributed by atoms with Crippen LogP contribution in [0.4, 0.5) is 8.78 Å². The molecular formula is C21H19BrF2N2O3. The molecule has 3 aromatic rings. The van der Waals surface area contributed by atoms with E-state index in [9.17, 15) is 9.18 Å². The summed E-state index contributed by atoms with van der Waals surface area (Å²) in [6.07, 6.45) is 1.14. The standard InChI is InChI=1S/C21H19BrF2N2O3/c1-2-28-21(27)14-4-6-17-20(19(14)24)26(11-13-7-8-29-13)18(25-17)10-12-3-5-15(22)16(23)9-12/h3-6,9,13H,2,7-8,10-11H2,1H3/t13-/m0/s1. The van der Waals surface area contributed by atoms with Crippen LogP contribution in [0.1, 0.15) is 35.1 Å². The lowest BCUT2D eigenvalue weighted by Crippen LogP contribution is -2.32. The van der Waals surface area contributed by atoms with Crippen LogP contribution < -0.4 is 0 Å². The summed E-state index contributed by atoms with van der Waals surface area (Å²) in [5.41, 5.74) is 1.25. The fourth-order valence-corrected chi connectivity index (χ4v) is 3.64. The Balaban J connectivity index is 1.80. The molecule has 29 heavy (non-hydrogen) atoms. The summed E-state index contributed by atoms with van der Waals surface area (Å²) in [5.74, 6) is -1.17. The average molecular weight is 465 g/mol. The molecule has 152 valence electrons. The van der Waals surface area contributed by atoms with Gasteiger partial charge in [0, 0.05) is 13.0 Å². The summed E-state index contributed by atoms with van der Waals surface area (Å²) in [7, 11) is 0. The van der Waals surface area contributed by atoms with Crippen molar-refractivity contribution >= 4 is 32.9 Å². The number of carbonyl (C=O) groups is 1. The Kier molecular flexibility index (Phi) is 5.65. The Morgan fingerprint density at radius 3 is 2.79 bits per heavy atom. The van der Waals surface area contributed by atoms with E-state index in [1.165, 1.54) is 12.1 Å². The zero-order chi connectivity index (χ0) is 20.5. The van der Waals surface area contributed by atoms with Gasteiger partial charge in [0.15, 0.2) is 5.82 Å². The minimum absolute atomic E-state index is 0.0431. The number of esters is 1. The third-order valence-electron chi connectivity index (χ3n) is 4.95. The lowest BCUT2D eigenvalue weighted by molar-refractivity contribution is -0.0590. The Hall–Kier alpha value is -2.32. The van der Waals surface area contributed by atoms with Crippen LogP contribution in [0.2, 0.25) is 0 Å². The van der Waals surface area contributed by atoms with E-state index in [2.05, 4.69) is 20.9 Å². The monoisotopic (exact) mass is 464 g/mol. The van der Waals surface area contributed by atoms with Crippen molar-refractivity contribution in [2.45, 2.75) is 32.4 Å². The highest BCUT2D eigenvalue weighted by Gasteiger charge is 2.25. The molecule has 1 aliphatic rings. The molecule has 4 rings (SSSR count). The van der Waals surface area contributed by atoms with E-state index in [0.717, 1.165) is 6.42 Å². The molecular weight excluding hydrogens is 446 g/mol. The first-order valence-corrected chi connectivity index (χ1v) is 10.2. The average Bonchev–Trinajstić information content (AvgIpc) is 2.99. The first kappa shape index (κ1) is 20.0. The maximum absolute atomic E-state index is 15.3. The predicted molar refractivity (Wildman–Crippen MR) is 107 cm³/mol. The van der Waals surface area contributed by atoms with E-state index in [4.69, 9.17) is 9.47 Å². The highest BCUT2D eigenvalue weighted by atomic mass is 79.9. The van der Waals surface area contributed by atoms with Gasteiger partial charge in [0.05, 0.1) is 34.8 Å². The lowest BCUT2D eigenvalue weighted by Gasteiger charge is -2.27. The van der Waals surface area contributed by atoms with Crippen LogP contribution in [-0.2, 0) is 22.4 Å². The smallest absolute Gasteiger partial charge is 0.341 e. The fourth-order valence-electron chi connectivity index (χ4n) is 3.39. The van der Waals surface area contributed by atoms with Crippen LogP contribution in [0.5, 0.6) is 0 Å². The molecule has 1 saturated heterocycles. The zero-order valence-electron chi connectivity index (χ0n) is 15.8. The molecule has 2 heterocycles. The number of imidazole rings is 1. The molecule has 0 unspecified atom stereocenters. The third-order valence-corrected chi connectivity index (χ3v) is 5.59. The quantitative estimate of drug-likeness (QED) is 0.499. The number of rotatable bonds is 6. The lowest BCUT2D eigenvalue weighted by atomic mass is 10.1. The molecule has 8 heteroatoms. The van der Waals surface area contributed by atoms with Gasteiger partial charge in [-0.2, -0.15) is 0 Å². The van der Waals surface area contributed by atoms with E-state index in [-0.39, 0.29) is 29.6 Å². The van der Waals surface area contributed by atoms with Gasteiger partial charge in [0.25, 0.3) is 0 Å². The molecule has 1 aliphatic heterocycles. The summed E-state index contributed by atoms with van der Waals surface area (Å²) >= 11 is 3.15. The van der Waals surface area contributed by atoms with Crippen molar-refractivity contribution in [3.8, 4) is 0 Å². The van der Waals surface area contributed by atoms with Crippen LogP contribution in [0, 0.1) is 11.6 Å². The van der Waals surface area contributed by atoms with Crippen LogP contribution in [-0.4, -0.2) is 34.8 Å². The number of hydrogen-bond donors (Lipinski definition) is 0. The normalized spacial score (nSPS) is 16.1. The second kappa shape index (κ2) is 8.20. The first-order chi connectivity index (χ1) is 14.0. The van der Waals surface area contributed by atoms with E-state index < -0.39 is 11.8 Å². The molecule has 1 atom stereocenters. The summed E-state index contributed by atoms with van der Waals surface area (Å²) in [6, 6.07) is 7.83. The molecule has 1 fully saturated rings. The largest absolute Gasteiger partial charge is 0.462 e. The van der Waals surface area contributed by atoms with Gasteiger partial charge in [-0.25, -0.2) is 18.6 Å². The van der Waals surface area contributed by atoms with Crippen molar-refractivity contribution in [1.29, 1.82) is 0 Å². The number of carbonyl (C=O) groups excluding carboxylic acids is 1. The van der Waals surface area contributed by atoms with Gasteiger partial charge in [0.2, 0.25) is 0 Å². The number of aromatic nitrogens is 2. The Labute approximate surface area is 174 Å². The highest BCUT2D eigenvalue weighted by Crippen LogP contribution is 2.27. The van der Waals surface area contributed by atoms with Crippen molar-refractivity contribution in [2.24, 2.45) is 0 Å². The summed E-state index contributed by atoms with van der Waals surface area (Å²) < 4.78 is 41.8. The number of ether oxygens (including phenoxy) is 2. The predicted octanol–water partition coefficient (Wildman–Crippen LogP) is 4.63. The second-order valence-electron chi connectivity index (χ2n) is 6.86. The van der Waals surface area contributed by atoms with Crippen LogP contribution in [0.3, 0.4) is 0 Å². The maximum Gasteiger partial charge on any atom is 0.341 e. The van der Waals surface area contributed by atoms with Gasteiger partial charge in [-0.05, 0) is 59.1 Å². The Morgan fingerprint density at radius 2 is 2.14 bits per heavy atom. The highest BCUT2D eigenvalue weighted by molar-refractivity contribution is 9.10. The van der Waals surface area contributed by atoms with Crippen molar-refractivity contribution in [2.75, 3.05) is 13.2 Å². The molecule has 0 radical (unpaired) electrons. The molecule has 1 aromatic heterocycles. The van der Waals surface area contributed by atoms with E-state index in [1.54, 1.807) is 29.7 Å². The minimum atomic E-state index is -0.712. The number of hydrogen-bond acceptors (Lipinski definition) is 4. The van der Waals surface area contributed by atoms with Gasteiger partial charge < -0.3 is 14.0 Å². The van der Waals surface area contributed by atoms with E-state index in [0.29, 0.717) is 40.9 Å².